The molecular formula is C12H20N2O. The molecule has 1 aliphatic rings. The number of nitrogens with two attached hydrogens (primary N) is 1. The van der Waals surface area contributed by atoms with Gasteiger partial charge >= 0.3 is 0 Å². The molecule has 84 valence electrons. The van der Waals surface area contributed by atoms with E-state index in [0.29, 0.717) is 12.0 Å². The third kappa shape index (κ3) is 2.61. The lowest BCUT2D eigenvalue weighted by atomic mass is 10.0. The number of nitrogens with zero attached hydrogens (tertiary/aromatic N) is 1. The molecule has 2 atom stereocenters. The Bertz CT molecular complexity index is 319. The second kappa shape index (κ2) is 4.37. The van der Waals surface area contributed by atoms with E-state index in [9.17, 15) is 0 Å². The number of rotatable bonds is 3. The van der Waals surface area contributed by atoms with Gasteiger partial charge in [-0.2, -0.15) is 0 Å². The summed E-state index contributed by atoms with van der Waals surface area (Å²) in [5, 5.41) is 0. The minimum atomic E-state index is 0.313. The van der Waals surface area contributed by atoms with E-state index in [-0.39, 0.29) is 0 Å². The lowest BCUT2D eigenvalue weighted by Gasteiger charge is -2.16. The molecule has 1 saturated heterocycles. The van der Waals surface area contributed by atoms with E-state index in [0.717, 1.165) is 31.2 Å². The van der Waals surface area contributed by atoms with E-state index in [1.54, 1.807) is 0 Å². The summed E-state index contributed by atoms with van der Waals surface area (Å²) in [4.78, 5) is 2.42. The first-order chi connectivity index (χ1) is 7.15. The van der Waals surface area contributed by atoms with Gasteiger partial charge in [-0.25, -0.2) is 0 Å². The summed E-state index contributed by atoms with van der Waals surface area (Å²) < 4.78 is 5.57. The molecule has 0 saturated carbocycles. The maximum Gasteiger partial charge on any atom is 0.118 e. The molecular weight excluding hydrogens is 188 g/mol. The molecule has 0 spiro atoms. The van der Waals surface area contributed by atoms with E-state index in [1.807, 2.05) is 13.0 Å². The molecule has 3 nitrogen and oxygen atoms in total. The summed E-state index contributed by atoms with van der Waals surface area (Å²) in [6.07, 6.45) is 1.22. The van der Waals surface area contributed by atoms with Crippen molar-refractivity contribution in [1.29, 1.82) is 0 Å². The van der Waals surface area contributed by atoms with Crippen LogP contribution in [-0.4, -0.2) is 24.0 Å². The Balaban J connectivity index is 1.87. The van der Waals surface area contributed by atoms with Crippen molar-refractivity contribution < 1.29 is 4.42 Å². The molecule has 2 N–H and O–H groups in total. The number of aryl methyl sites for hydroxylation is 1. The predicted molar refractivity (Wildman–Crippen MR) is 60.5 cm³/mol. The van der Waals surface area contributed by atoms with E-state index in [2.05, 4.69) is 17.9 Å². The second-order valence-corrected chi connectivity index (χ2v) is 4.66. The molecule has 0 radical (unpaired) electrons. The standard InChI is InChI=1S/C12H20N2O/c1-9-3-4-12(15-9)8-14-6-5-11(7-14)10(2)13/h3-4,10-11H,5-8,13H2,1-2H3. The summed E-state index contributed by atoms with van der Waals surface area (Å²) in [5.74, 6) is 2.71. The van der Waals surface area contributed by atoms with Gasteiger partial charge in [-0.15, -0.1) is 0 Å². The van der Waals surface area contributed by atoms with Crippen molar-refractivity contribution in [2.24, 2.45) is 11.7 Å². The molecule has 0 amide bonds. The first-order valence-corrected chi connectivity index (χ1v) is 5.68. The highest BCUT2D eigenvalue weighted by molar-refractivity contribution is 5.05. The van der Waals surface area contributed by atoms with E-state index < -0.39 is 0 Å². The van der Waals surface area contributed by atoms with E-state index in [1.165, 1.54) is 6.42 Å². The first kappa shape index (κ1) is 10.7. The van der Waals surface area contributed by atoms with Gasteiger partial charge in [0.25, 0.3) is 0 Å². The third-order valence-corrected chi connectivity index (χ3v) is 3.23. The van der Waals surface area contributed by atoms with Crippen LogP contribution in [0.2, 0.25) is 0 Å². The van der Waals surface area contributed by atoms with Crippen molar-refractivity contribution in [1.82, 2.24) is 4.90 Å². The number of hydrogen-bond donors (Lipinski definition) is 1. The van der Waals surface area contributed by atoms with Gasteiger partial charge in [0, 0.05) is 12.6 Å². The Morgan fingerprint density at radius 1 is 1.60 bits per heavy atom. The van der Waals surface area contributed by atoms with Gasteiger partial charge in [-0.3, -0.25) is 4.90 Å². The molecule has 2 rings (SSSR count). The Morgan fingerprint density at radius 3 is 2.93 bits per heavy atom. The quantitative estimate of drug-likeness (QED) is 0.823. The predicted octanol–water partition coefficient (Wildman–Crippen LogP) is 1.76. The normalized spacial score (nSPS) is 24.6. The molecule has 0 bridgehead atoms. The molecule has 2 heterocycles. The molecule has 1 aromatic rings. The van der Waals surface area contributed by atoms with Crippen LogP contribution >= 0.6 is 0 Å². The maximum atomic E-state index is 5.91. The average Bonchev–Trinajstić information content (AvgIpc) is 2.76. The fraction of sp³-hybridized carbons (Fsp3) is 0.667. The van der Waals surface area contributed by atoms with Gasteiger partial charge in [0.2, 0.25) is 0 Å². The largest absolute Gasteiger partial charge is 0.465 e. The highest BCUT2D eigenvalue weighted by atomic mass is 16.3. The van der Waals surface area contributed by atoms with Crippen molar-refractivity contribution in [3.63, 3.8) is 0 Å². The fourth-order valence-corrected chi connectivity index (χ4v) is 2.23. The summed E-state index contributed by atoms with van der Waals surface area (Å²) >= 11 is 0. The smallest absolute Gasteiger partial charge is 0.118 e. The van der Waals surface area contributed by atoms with Crippen LogP contribution in [-0.2, 0) is 6.54 Å². The highest BCUT2D eigenvalue weighted by Gasteiger charge is 2.25. The Hall–Kier alpha value is -0.800. The van der Waals surface area contributed by atoms with Gasteiger partial charge in [-0.05, 0) is 44.9 Å². The maximum absolute atomic E-state index is 5.91. The summed E-state index contributed by atoms with van der Waals surface area (Å²) in [7, 11) is 0. The summed E-state index contributed by atoms with van der Waals surface area (Å²) in [6.45, 7) is 7.27. The van der Waals surface area contributed by atoms with Crippen LogP contribution in [0.15, 0.2) is 16.5 Å². The zero-order valence-electron chi connectivity index (χ0n) is 9.57. The fourth-order valence-electron chi connectivity index (χ4n) is 2.23. The number of hydrogen-bond acceptors (Lipinski definition) is 3. The molecule has 0 aliphatic carbocycles. The minimum absolute atomic E-state index is 0.313. The van der Waals surface area contributed by atoms with Crippen LogP contribution in [0, 0.1) is 12.8 Å². The minimum Gasteiger partial charge on any atom is -0.465 e. The average molecular weight is 208 g/mol. The first-order valence-electron chi connectivity index (χ1n) is 5.68. The zero-order valence-corrected chi connectivity index (χ0v) is 9.57. The topological polar surface area (TPSA) is 42.4 Å². The molecule has 15 heavy (non-hydrogen) atoms. The van der Waals surface area contributed by atoms with Crippen LogP contribution in [0.3, 0.4) is 0 Å². The van der Waals surface area contributed by atoms with Crippen LogP contribution in [0.25, 0.3) is 0 Å². The van der Waals surface area contributed by atoms with Gasteiger partial charge in [0.1, 0.15) is 11.5 Å². The lowest BCUT2D eigenvalue weighted by Crippen LogP contribution is -2.29. The highest BCUT2D eigenvalue weighted by Crippen LogP contribution is 2.21. The van der Waals surface area contributed by atoms with Crippen LogP contribution in [0.4, 0.5) is 0 Å². The second-order valence-electron chi connectivity index (χ2n) is 4.66. The summed E-state index contributed by atoms with van der Waals surface area (Å²) in [6, 6.07) is 4.40. The SMILES string of the molecule is Cc1ccc(CN2CCC(C(C)N)C2)o1. The number of furan rings is 1. The Kier molecular flexibility index (Phi) is 3.12. The van der Waals surface area contributed by atoms with Crippen molar-refractivity contribution in [3.8, 4) is 0 Å². The number of likely N-dealkylation sites (tertiary alicyclic amines) is 1. The van der Waals surface area contributed by atoms with E-state index >= 15 is 0 Å². The lowest BCUT2D eigenvalue weighted by molar-refractivity contribution is 0.279. The van der Waals surface area contributed by atoms with Crippen molar-refractivity contribution in [2.75, 3.05) is 13.1 Å². The molecule has 1 aliphatic heterocycles. The molecule has 0 aromatic carbocycles. The monoisotopic (exact) mass is 208 g/mol. The van der Waals surface area contributed by atoms with Crippen molar-refractivity contribution in [3.05, 3.63) is 23.7 Å². The molecule has 2 unspecified atom stereocenters. The van der Waals surface area contributed by atoms with E-state index in [4.69, 9.17) is 10.2 Å². The van der Waals surface area contributed by atoms with Gasteiger partial charge in [-0.1, -0.05) is 0 Å². The Morgan fingerprint density at radius 2 is 2.40 bits per heavy atom. The van der Waals surface area contributed by atoms with Crippen molar-refractivity contribution >= 4 is 0 Å². The molecule has 1 aromatic heterocycles. The zero-order chi connectivity index (χ0) is 10.8. The molecule has 3 heteroatoms. The van der Waals surface area contributed by atoms with Crippen LogP contribution in [0.5, 0.6) is 0 Å². The van der Waals surface area contributed by atoms with Crippen LogP contribution in [0.1, 0.15) is 24.9 Å². The summed E-state index contributed by atoms with van der Waals surface area (Å²) in [5.41, 5.74) is 5.91. The third-order valence-electron chi connectivity index (χ3n) is 3.23. The Labute approximate surface area is 91.2 Å². The molecule has 1 fully saturated rings. The van der Waals surface area contributed by atoms with Gasteiger partial charge < -0.3 is 10.2 Å². The van der Waals surface area contributed by atoms with Gasteiger partial charge in [0.05, 0.1) is 6.54 Å². The van der Waals surface area contributed by atoms with Crippen LogP contribution < -0.4 is 5.73 Å². The van der Waals surface area contributed by atoms with Gasteiger partial charge in [0.15, 0.2) is 0 Å². The van der Waals surface area contributed by atoms with Crippen molar-refractivity contribution in [2.45, 2.75) is 32.9 Å².